The summed E-state index contributed by atoms with van der Waals surface area (Å²) in [5, 5.41) is 10.6. The minimum Gasteiger partial charge on any atom is -0.262 e. The van der Waals surface area contributed by atoms with Gasteiger partial charge in [-0.15, -0.1) is 0 Å². The molecule has 0 aliphatic rings. The molecule has 1 aromatic heterocycles. The molecule has 11 heavy (non-hydrogen) atoms. The number of nitrogens with zero attached hydrogens (tertiary/aromatic N) is 2. The Morgan fingerprint density at radius 1 is 1.73 bits per heavy atom. The van der Waals surface area contributed by atoms with Crippen LogP contribution in [0, 0.1) is 0 Å². The van der Waals surface area contributed by atoms with Gasteiger partial charge in [-0.3, -0.25) is 5.10 Å². The Morgan fingerprint density at radius 3 is 2.91 bits per heavy atom. The van der Waals surface area contributed by atoms with Gasteiger partial charge >= 0.3 is 0 Å². The van der Waals surface area contributed by atoms with Crippen molar-refractivity contribution >= 4 is 10.2 Å². The standard InChI is InChI=1S/C3H7N5O2S/c4-11(9,10)7-1-3-5-2-6-8-3/h2,7H,1H2,(H2,4,9,10)(H,5,6,8). The van der Waals surface area contributed by atoms with Crippen LogP contribution >= 0.6 is 0 Å². The Labute approximate surface area is 63.2 Å². The van der Waals surface area contributed by atoms with Gasteiger partial charge < -0.3 is 0 Å². The Morgan fingerprint density at radius 2 is 2.45 bits per heavy atom. The number of nitrogens with two attached hydrogens (primary N) is 1. The van der Waals surface area contributed by atoms with Crippen LogP contribution in [0.2, 0.25) is 0 Å². The van der Waals surface area contributed by atoms with E-state index in [4.69, 9.17) is 0 Å². The highest BCUT2D eigenvalue weighted by molar-refractivity contribution is 7.87. The van der Waals surface area contributed by atoms with Crippen molar-refractivity contribution in [1.29, 1.82) is 0 Å². The maximum absolute atomic E-state index is 10.3. The van der Waals surface area contributed by atoms with Crippen molar-refractivity contribution in [2.45, 2.75) is 6.54 Å². The van der Waals surface area contributed by atoms with Crippen LogP contribution in [-0.2, 0) is 16.8 Å². The van der Waals surface area contributed by atoms with Gasteiger partial charge in [0.15, 0.2) is 0 Å². The van der Waals surface area contributed by atoms with E-state index in [-0.39, 0.29) is 6.54 Å². The first-order chi connectivity index (χ1) is 5.08. The summed E-state index contributed by atoms with van der Waals surface area (Å²) >= 11 is 0. The molecule has 0 fully saturated rings. The van der Waals surface area contributed by atoms with Crippen LogP contribution in [0.25, 0.3) is 0 Å². The van der Waals surface area contributed by atoms with E-state index >= 15 is 0 Å². The first kappa shape index (κ1) is 8.11. The number of hydrogen-bond acceptors (Lipinski definition) is 4. The van der Waals surface area contributed by atoms with Crippen LogP contribution in [0.5, 0.6) is 0 Å². The predicted molar refractivity (Wildman–Crippen MR) is 36.3 cm³/mol. The summed E-state index contributed by atoms with van der Waals surface area (Å²) in [5.74, 6) is 0.416. The van der Waals surface area contributed by atoms with Crippen molar-refractivity contribution in [1.82, 2.24) is 19.9 Å². The number of aromatic nitrogens is 3. The maximum Gasteiger partial charge on any atom is 0.274 e. The highest BCUT2D eigenvalue weighted by Gasteiger charge is 2.01. The molecule has 0 amide bonds. The van der Waals surface area contributed by atoms with Crippen molar-refractivity contribution in [2.75, 3.05) is 0 Å². The summed E-state index contributed by atoms with van der Waals surface area (Å²) in [6.07, 6.45) is 1.28. The maximum atomic E-state index is 10.3. The molecule has 8 heteroatoms. The topological polar surface area (TPSA) is 114 Å². The van der Waals surface area contributed by atoms with Crippen LogP contribution in [0.3, 0.4) is 0 Å². The Balaban J connectivity index is 2.48. The molecule has 0 aliphatic heterocycles. The quantitative estimate of drug-likeness (QED) is 0.500. The molecule has 62 valence electrons. The normalized spacial score (nSPS) is 11.7. The zero-order chi connectivity index (χ0) is 8.32. The third kappa shape index (κ3) is 3.07. The van der Waals surface area contributed by atoms with Crippen LogP contribution in [0.1, 0.15) is 5.82 Å². The lowest BCUT2D eigenvalue weighted by Crippen LogP contribution is -2.30. The molecular weight excluding hydrogens is 170 g/mol. The molecule has 0 radical (unpaired) electrons. The van der Waals surface area contributed by atoms with E-state index in [9.17, 15) is 8.42 Å². The molecule has 7 nitrogen and oxygen atoms in total. The highest BCUT2D eigenvalue weighted by Crippen LogP contribution is 1.83. The van der Waals surface area contributed by atoms with Crippen LogP contribution in [0.4, 0.5) is 0 Å². The fourth-order valence-electron chi connectivity index (χ4n) is 0.485. The van der Waals surface area contributed by atoms with E-state index in [1.165, 1.54) is 6.33 Å². The van der Waals surface area contributed by atoms with Crippen LogP contribution < -0.4 is 9.86 Å². The van der Waals surface area contributed by atoms with Crippen molar-refractivity contribution in [3.8, 4) is 0 Å². The van der Waals surface area contributed by atoms with Gasteiger partial charge in [-0.25, -0.2) is 10.1 Å². The van der Waals surface area contributed by atoms with E-state index in [0.717, 1.165) is 0 Å². The van der Waals surface area contributed by atoms with Gasteiger partial charge in [0.1, 0.15) is 12.2 Å². The average Bonchev–Trinajstić information content (AvgIpc) is 2.32. The van der Waals surface area contributed by atoms with Gasteiger partial charge in [0.25, 0.3) is 10.2 Å². The van der Waals surface area contributed by atoms with E-state index in [1.54, 1.807) is 0 Å². The van der Waals surface area contributed by atoms with Gasteiger partial charge in [-0.1, -0.05) is 0 Å². The SMILES string of the molecule is NS(=O)(=O)NCc1ncn[nH]1. The van der Waals surface area contributed by atoms with Crippen molar-refractivity contribution in [2.24, 2.45) is 5.14 Å². The van der Waals surface area contributed by atoms with Gasteiger partial charge in [0.05, 0.1) is 6.54 Å². The third-order valence-corrected chi connectivity index (χ3v) is 1.45. The molecule has 1 aromatic rings. The Hall–Kier alpha value is -0.990. The average molecular weight is 177 g/mol. The van der Waals surface area contributed by atoms with Gasteiger partial charge in [0, 0.05) is 0 Å². The Bertz CT molecular complexity index is 302. The van der Waals surface area contributed by atoms with Crippen LogP contribution in [0.15, 0.2) is 6.33 Å². The van der Waals surface area contributed by atoms with E-state index < -0.39 is 10.2 Å². The van der Waals surface area contributed by atoms with Gasteiger partial charge in [-0.05, 0) is 0 Å². The largest absolute Gasteiger partial charge is 0.274 e. The van der Waals surface area contributed by atoms with Gasteiger partial charge in [-0.2, -0.15) is 18.2 Å². The zero-order valence-corrected chi connectivity index (χ0v) is 6.30. The number of nitrogens with one attached hydrogen (secondary N) is 2. The second-order valence-corrected chi connectivity index (χ2v) is 3.18. The number of aromatic amines is 1. The molecule has 4 N–H and O–H groups in total. The second kappa shape index (κ2) is 2.95. The molecule has 0 atom stereocenters. The van der Waals surface area contributed by atoms with Crippen molar-refractivity contribution < 1.29 is 8.42 Å². The van der Waals surface area contributed by atoms with Crippen molar-refractivity contribution in [3.05, 3.63) is 12.2 Å². The first-order valence-corrected chi connectivity index (χ1v) is 4.24. The van der Waals surface area contributed by atoms with E-state index in [1.807, 2.05) is 4.72 Å². The minimum atomic E-state index is -3.64. The molecule has 0 saturated heterocycles. The summed E-state index contributed by atoms with van der Waals surface area (Å²) in [5.41, 5.74) is 0. The summed E-state index contributed by atoms with van der Waals surface area (Å²) in [7, 11) is -3.64. The summed E-state index contributed by atoms with van der Waals surface area (Å²) in [6, 6.07) is 0. The molecule has 0 spiro atoms. The lowest BCUT2D eigenvalue weighted by Gasteiger charge is -1.96. The molecule has 0 unspecified atom stereocenters. The molecule has 0 aliphatic carbocycles. The predicted octanol–water partition coefficient (Wildman–Crippen LogP) is -1.90. The Kier molecular flexibility index (Phi) is 2.17. The lowest BCUT2D eigenvalue weighted by atomic mass is 10.6. The smallest absolute Gasteiger partial charge is 0.262 e. The summed E-state index contributed by atoms with van der Waals surface area (Å²) < 4.78 is 22.7. The van der Waals surface area contributed by atoms with Crippen molar-refractivity contribution in [3.63, 3.8) is 0 Å². The fourth-order valence-corrected chi connectivity index (χ4v) is 0.823. The molecule has 0 bridgehead atoms. The number of H-pyrrole nitrogens is 1. The molecule has 1 heterocycles. The molecule has 0 aromatic carbocycles. The monoisotopic (exact) mass is 177 g/mol. The number of rotatable bonds is 3. The summed E-state index contributed by atoms with van der Waals surface area (Å²) in [4.78, 5) is 3.67. The second-order valence-electron chi connectivity index (χ2n) is 1.80. The molecular formula is C3H7N5O2S. The number of hydrogen-bond donors (Lipinski definition) is 3. The van der Waals surface area contributed by atoms with Crippen LogP contribution in [-0.4, -0.2) is 23.6 Å². The fraction of sp³-hybridized carbons (Fsp3) is 0.333. The van der Waals surface area contributed by atoms with E-state index in [2.05, 4.69) is 20.3 Å². The molecule has 0 saturated carbocycles. The summed E-state index contributed by atoms with van der Waals surface area (Å²) in [6.45, 7) is 0.0266. The highest BCUT2D eigenvalue weighted by atomic mass is 32.2. The van der Waals surface area contributed by atoms with E-state index in [0.29, 0.717) is 5.82 Å². The minimum absolute atomic E-state index is 0.0266. The molecule has 1 rings (SSSR count). The lowest BCUT2D eigenvalue weighted by molar-refractivity contribution is 0.581. The zero-order valence-electron chi connectivity index (χ0n) is 5.48. The third-order valence-electron chi connectivity index (χ3n) is 0.906. The first-order valence-electron chi connectivity index (χ1n) is 2.69. The van der Waals surface area contributed by atoms with Gasteiger partial charge in [0.2, 0.25) is 0 Å².